The van der Waals surface area contributed by atoms with Crippen molar-refractivity contribution < 1.29 is 14.5 Å². The molecule has 1 atom stereocenters. The predicted molar refractivity (Wildman–Crippen MR) is 109 cm³/mol. The molecule has 0 radical (unpaired) electrons. The highest BCUT2D eigenvalue weighted by molar-refractivity contribution is 7.80. The van der Waals surface area contributed by atoms with Gasteiger partial charge in [0.15, 0.2) is 11.0 Å². The fourth-order valence-electron chi connectivity index (χ4n) is 2.54. The van der Waals surface area contributed by atoms with E-state index in [1.54, 1.807) is 12.1 Å². The third-order valence-corrected chi connectivity index (χ3v) is 4.60. The first-order valence-electron chi connectivity index (χ1n) is 8.01. The summed E-state index contributed by atoms with van der Waals surface area (Å²) in [6.07, 6.45) is 1.13. The molecule has 1 aliphatic heterocycles. The van der Waals surface area contributed by atoms with Gasteiger partial charge in [-0.05, 0) is 43.4 Å². The standard InChI is InChI=1S/C18H13ClN4O4S/c1-10-2-5-12(6-3-10)22-17(25)13(16(24)21-18(22)28)9-20-11-4-7-14(19)15(8-11)23(26)27/h2-9,13H,1H3,(H,21,24,28)/t13-/m0/s1. The maximum absolute atomic E-state index is 12.8. The van der Waals surface area contributed by atoms with Gasteiger partial charge in [-0.1, -0.05) is 29.3 Å². The van der Waals surface area contributed by atoms with Gasteiger partial charge in [-0.3, -0.25) is 29.6 Å². The van der Waals surface area contributed by atoms with Crippen LogP contribution in [0.1, 0.15) is 5.56 Å². The van der Waals surface area contributed by atoms with Crippen LogP contribution in [0.2, 0.25) is 5.02 Å². The monoisotopic (exact) mass is 416 g/mol. The summed E-state index contributed by atoms with van der Waals surface area (Å²) in [4.78, 5) is 40.7. The Bertz CT molecular complexity index is 1020. The van der Waals surface area contributed by atoms with Crippen molar-refractivity contribution >= 4 is 64.0 Å². The molecule has 0 saturated carbocycles. The average molecular weight is 417 g/mol. The Kier molecular flexibility index (Phi) is 5.48. The van der Waals surface area contributed by atoms with Crippen LogP contribution in [0, 0.1) is 23.0 Å². The fraction of sp³-hybridized carbons (Fsp3) is 0.111. The van der Waals surface area contributed by atoms with Gasteiger partial charge in [0.1, 0.15) is 5.02 Å². The van der Waals surface area contributed by atoms with Gasteiger partial charge in [0.2, 0.25) is 5.91 Å². The molecular weight excluding hydrogens is 404 g/mol. The molecule has 0 aliphatic carbocycles. The Hall–Kier alpha value is -3.17. The van der Waals surface area contributed by atoms with Crippen molar-refractivity contribution in [2.24, 2.45) is 10.9 Å². The van der Waals surface area contributed by atoms with Crippen LogP contribution in [-0.4, -0.2) is 28.1 Å². The molecule has 2 aromatic rings. The van der Waals surface area contributed by atoms with Gasteiger partial charge < -0.3 is 5.32 Å². The number of rotatable bonds is 4. The highest BCUT2D eigenvalue weighted by Gasteiger charge is 2.38. The van der Waals surface area contributed by atoms with Crippen molar-refractivity contribution in [3.8, 4) is 0 Å². The third-order valence-electron chi connectivity index (χ3n) is 3.99. The third kappa shape index (κ3) is 3.90. The number of amides is 2. The Morgan fingerprint density at radius 3 is 2.57 bits per heavy atom. The molecule has 0 aromatic heterocycles. The normalized spacial score (nSPS) is 17.1. The van der Waals surface area contributed by atoms with E-state index >= 15 is 0 Å². The number of benzene rings is 2. The summed E-state index contributed by atoms with van der Waals surface area (Å²) < 4.78 is 0. The number of anilines is 1. The SMILES string of the molecule is Cc1ccc(N2C(=O)[C@@H](C=Nc3ccc(Cl)c([N+](=O)[O-])c3)C(=O)NC2=S)cc1. The maximum Gasteiger partial charge on any atom is 0.290 e. The van der Waals surface area contributed by atoms with Crippen LogP contribution in [0.25, 0.3) is 0 Å². The molecule has 0 unspecified atom stereocenters. The van der Waals surface area contributed by atoms with Crippen LogP contribution in [0.3, 0.4) is 0 Å². The molecule has 3 rings (SSSR count). The Labute approximate surface area is 170 Å². The molecule has 28 heavy (non-hydrogen) atoms. The van der Waals surface area contributed by atoms with Crippen molar-refractivity contribution in [1.29, 1.82) is 0 Å². The van der Waals surface area contributed by atoms with Gasteiger partial charge in [-0.2, -0.15) is 0 Å². The molecule has 1 N–H and O–H groups in total. The van der Waals surface area contributed by atoms with Gasteiger partial charge in [0.05, 0.1) is 16.3 Å². The number of nitrogens with zero attached hydrogens (tertiary/aromatic N) is 3. The zero-order valence-corrected chi connectivity index (χ0v) is 16.0. The lowest BCUT2D eigenvalue weighted by Crippen LogP contribution is -2.58. The van der Waals surface area contributed by atoms with E-state index in [4.69, 9.17) is 23.8 Å². The summed E-state index contributed by atoms with van der Waals surface area (Å²) in [7, 11) is 0. The van der Waals surface area contributed by atoms with Crippen LogP contribution in [0.15, 0.2) is 47.5 Å². The average Bonchev–Trinajstić information content (AvgIpc) is 2.63. The molecule has 0 bridgehead atoms. The van der Waals surface area contributed by atoms with Crippen LogP contribution in [0.5, 0.6) is 0 Å². The van der Waals surface area contributed by atoms with Gasteiger partial charge >= 0.3 is 0 Å². The van der Waals surface area contributed by atoms with Gasteiger partial charge in [-0.15, -0.1) is 0 Å². The minimum Gasteiger partial charge on any atom is -0.301 e. The van der Waals surface area contributed by atoms with Crippen molar-refractivity contribution in [2.45, 2.75) is 6.92 Å². The molecule has 1 saturated heterocycles. The Balaban J connectivity index is 1.89. The van der Waals surface area contributed by atoms with Gasteiger partial charge in [0, 0.05) is 12.3 Å². The van der Waals surface area contributed by atoms with Crippen LogP contribution in [0.4, 0.5) is 17.1 Å². The minimum atomic E-state index is -1.23. The number of hydrogen-bond acceptors (Lipinski definition) is 6. The number of carbonyl (C=O) groups is 2. The molecule has 8 nitrogen and oxygen atoms in total. The van der Waals surface area contributed by atoms with Crippen molar-refractivity contribution in [1.82, 2.24) is 5.32 Å². The first-order chi connectivity index (χ1) is 13.3. The zero-order chi connectivity index (χ0) is 20.4. The lowest BCUT2D eigenvalue weighted by molar-refractivity contribution is -0.384. The second-order valence-corrected chi connectivity index (χ2v) is 6.75. The summed E-state index contributed by atoms with van der Waals surface area (Å²) in [6, 6.07) is 11.0. The highest BCUT2D eigenvalue weighted by atomic mass is 35.5. The number of nitro groups is 1. The molecule has 2 amide bonds. The van der Waals surface area contributed by atoms with E-state index in [9.17, 15) is 19.7 Å². The number of carbonyl (C=O) groups excluding carboxylic acids is 2. The second kappa shape index (κ2) is 7.83. The first kappa shape index (κ1) is 19.6. The second-order valence-electron chi connectivity index (χ2n) is 5.95. The van der Waals surface area contributed by atoms with E-state index in [1.165, 1.54) is 17.0 Å². The summed E-state index contributed by atoms with van der Waals surface area (Å²) in [6.45, 7) is 1.91. The van der Waals surface area contributed by atoms with Crippen LogP contribution < -0.4 is 10.2 Å². The molecule has 1 fully saturated rings. The number of aliphatic imine (C=N–C) groups is 1. The minimum absolute atomic E-state index is 0.0226. The summed E-state index contributed by atoms with van der Waals surface area (Å²) in [5.41, 5.74) is 1.39. The molecular formula is C18H13ClN4O4S. The number of halogens is 1. The number of nitro benzene ring substituents is 1. The van der Waals surface area contributed by atoms with Gasteiger partial charge in [-0.25, -0.2) is 0 Å². The van der Waals surface area contributed by atoms with Crippen molar-refractivity contribution in [2.75, 3.05) is 4.90 Å². The van der Waals surface area contributed by atoms with E-state index < -0.39 is 22.7 Å². The Morgan fingerprint density at radius 2 is 1.93 bits per heavy atom. The van der Waals surface area contributed by atoms with Crippen molar-refractivity contribution in [3.63, 3.8) is 0 Å². The topological polar surface area (TPSA) is 105 Å². The molecule has 2 aromatic carbocycles. The van der Waals surface area contributed by atoms with Gasteiger partial charge in [0.25, 0.3) is 11.6 Å². The molecule has 1 aliphatic rings. The summed E-state index contributed by atoms with van der Waals surface area (Å²) >= 11 is 10.9. The molecule has 0 spiro atoms. The fourth-order valence-corrected chi connectivity index (χ4v) is 3.02. The zero-order valence-electron chi connectivity index (χ0n) is 14.5. The number of aryl methyl sites for hydroxylation is 1. The largest absolute Gasteiger partial charge is 0.301 e. The lowest BCUT2D eigenvalue weighted by Gasteiger charge is -2.30. The van der Waals surface area contributed by atoms with Crippen molar-refractivity contribution in [3.05, 3.63) is 63.2 Å². The molecule has 142 valence electrons. The number of nitrogens with one attached hydrogen (secondary N) is 1. The van der Waals surface area contributed by atoms with Crippen LogP contribution >= 0.6 is 23.8 Å². The first-order valence-corrected chi connectivity index (χ1v) is 8.80. The Morgan fingerprint density at radius 1 is 1.25 bits per heavy atom. The van der Waals surface area contributed by atoms with E-state index in [2.05, 4.69) is 10.3 Å². The smallest absolute Gasteiger partial charge is 0.290 e. The molecule has 1 heterocycles. The quantitative estimate of drug-likeness (QED) is 0.270. The van der Waals surface area contributed by atoms with E-state index in [1.807, 2.05) is 19.1 Å². The lowest BCUT2D eigenvalue weighted by atomic mass is 10.1. The highest BCUT2D eigenvalue weighted by Crippen LogP contribution is 2.29. The number of thiocarbonyl (C=S) groups is 1. The predicted octanol–water partition coefficient (Wildman–Crippen LogP) is 3.32. The van der Waals surface area contributed by atoms with Crippen LogP contribution in [-0.2, 0) is 9.59 Å². The molecule has 10 heteroatoms. The van der Waals surface area contributed by atoms with E-state index in [-0.39, 0.29) is 21.5 Å². The van der Waals surface area contributed by atoms with E-state index in [0.29, 0.717) is 5.69 Å². The maximum atomic E-state index is 12.8. The summed E-state index contributed by atoms with van der Waals surface area (Å²) in [5, 5.41) is 13.4. The summed E-state index contributed by atoms with van der Waals surface area (Å²) in [5.74, 6) is -2.42. The number of hydrogen-bond donors (Lipinski definition) is 1. The van der Waals surface area contributed by atoms with E-state index in [0.717, 1.165) is 17.8 Å².